The average Bonchev–Trinajstić information content (AvgIpc) is 2.70. The molecule has 2 aliphatic carbocycles. The van der Waals surface area contributed by atoms with Crippen molar-refractivity contribution in [3.05, 3.63) is 0 Å². The van der Waals surface area contributed by atoms with Gasteiger partial charge in [-0.1, -0.05) is 39.5 Å². The molecule has 0 aromatic carbocycles. The summed E-state index contributed by atoms with van der Waals surface area (Å²) >= 11 is 0. The van der Waals surface area contributed by atoms with Crippen LogP contribution in [0.3, 0.4) is 0 Å². The van der Waals surface area contributed by atoms with Crippen LogP contribution in [0.15, 0.2) is 0 Å². The van der Waals surface area contributed by atoms with E-state index in [0.717, 1.165) is 24.7 Å². The fourth-order valence-corrected chi connectivity index (χ4v) is 3.91. The molecule has 94 valence electrons. The SMILES string of the molecule is CC(C)C1CCCC(O)(C2CCCC2)CC1. The monoisotopic (exact) mass is 224 g/mol. The van der Waals surface area contributed by atoms with E-state index in [2.05, 4.69) is 13.8 Å². The van der Waals surface area contributed by atoms with Crippen molar-refractivity contribution in [2.24, 2.45) is 17.8 Å². The number of hydrogen-bond acceptors (Lipinski definition) is 1. The number of rotatable bonds is 2. The van der Waals surface area contributed by atoms with Crippen molar-refractivity contribution in [1.29, 1.82) is 0 Å². The zero-order valence-electron chi connectivity index (χ0n) is 11.0. The predicted molar refractivity (Wildman–Crippen MR) is 68.3 cm³/mol. The van der Waals surface area contributed by atoms with Crippen LogP contribution in [0.4, 0.5) is 0 Å². The van der Waals surface area contributed by atoms with Crippen LogP contribution in [0, 0.1) is 17.8 Å². The lowest BCUT2D eigenvalue weighted by molar-refractivity contribution is -0.0308. The Morgan fingerprint density at radius 2 is 1.62 bits per heavy atom. The van der Waals surface area contributed by atoms with Gasteiger partial charge in [-0.3, -0.25) is 0 Å². The van der Waals surface area contributed by atoms with Gasteiger partial charge in [-0.2, -0.15) is 0 Å². The maximum absolute atomic E-state index is 10.9. The summed E-state index contributed by atoms with van der Waals surface area (Å²) in [5.41, 5.74) is -0.292. The van der Waals surface area contributed by atoms with Gasteiger partial charge in [-0.15, -0.1) is 0 Å². The molecular formula is C15H28O. The first-order valence-electron chi connectivity index (χ1n) is 7.34. The first-order chi connectivity index (χ1) is 7.62. The third-order valence-electron chi connectivity index (χ3n) is 5.19. The highest BCUT2D eigenvalue weighted by Crippen LogP contribution is 2.43. The van der Waals surface area contributed by atoms with Gasteiger partial charge in [0.2, 0.25) is 0 Å². The van der Waals surface area contributed by atoms with Crippen molar-refractivity contribution in [3.63, 3.8) is 0 Å². The summed E-state index contributed by atoms with van der Waals surface area (Å²) in [5.74, 6) is 2.28. The molecule has 16 heavy (non-hydrogen) atoms. The van der Waals surface area contributed by atoms with Gasteiger partial charge in [0.25, 0.3) is 0 Å². The standard InChI is InChI=1S/C15H28O/c1-12(2)13-6-5-10-15(16,11-9-13)14-7-3-4-8-14/h12-14,16H,3-11H2,1-2H3. The second-order valence-electron chi connectivity index (χ2n) is 6.52. The summed E-state index contributed by atoms with van der Waals surface area (Å²) in [6.45, 7) is 4.68. The Hall–Kier alpha value is -0.0400. The Morgan fingerprint density at radius 3 is 2.25 bits per heavy atom. The largest absolute Gasteiger partial charge is 0.390 e. The summed E-state index contributed by atoms with van der Waals surface area (Å²) < 4.78 is 0. The third kappa shape index (κ3) is 2.61. The highest BCUT2D eigenvalue weighted by atomic mass is 16.3. The smallest absolute Gasteiger partial charge is 0.0675 e. The van der Waals surface area contributed by atoms with Crippen LogP contribution in [0.2, 0.25) is 0 Å². The summed E-state index contributed by atoms with van der Waals surface area (Å²) in [6.07, 6.45) is 11.2. The van der Waals surface area contributed by atoms with E-state index in [4.69, 9.17) is 0 Å². The molecule has 2 saturated carbocycles. The Labute approximate surface area is 101 Å². The van der Waals surface area contributed by atoms with Crippen molar-refractivity contribution in [2.75, 3.05) is 0 Å². The van der Waals surface area contributed by atoms with Crippen LogP contribution in [0.5, 0.6) is 0 Å². The summed E-state index contributed by atoms with van der Waals surface area (Å²) in [4.78, 5) is 0. The maximum Gasteiger partial charge on any atom is 0.0675 e. The van der Waals surface area contributed by atoms with Crippen LogP contribution in [-0.2, 0) is 0 Å². The van der Waals surface area contributed by atoms with Crippen LogP contribution < -0.4 is 0 Å². The molecule has 2 fully saturated rings. The fraction of sp³-hybridized carbons (Fsp3) is 1.00. The molecule has 2 aliphatic rings. The van der Waals surface area contributed by atoms with Gasteiger partial charge in [0.15, 0.2) is 0 Å². The minimum absolute atomic E-state index is 0.292. The highest BCUT2D eigenvalue weighted by Gasteiger charge is 2.39. The zero-order valence-corrected chi connectivity index (χ0v) is 11.0. The van der Waals surface area contributed by atoms with E-state index in [-0.39, 0.29) is 5.60 Å². The van der Waals surface area contributed by atoms with Crippen LogP contribution in [-0.4, -0.2) is 10.7 Å². The third-order valence-corrected chi connectivity index (χ3v) is 5.19. The molecule has 0 bridgehead atoms. The molecule has 2 atom stereocenters. The van der Waals surface area contributed by atoms with Crippen molar-refractivity contribution in [3.8, 4) is 0 Å². The Balaban J connectivity index is 1.96. The lowest BCUT2D eigenvalue weighted by Gasteiger charge is -2.33. The number of hydrogen-bond donors (Lipinski definition) is 1. The molecule has 0 aliphatic heterocycles. The van der Waals surface area contributed by atoms with E-state index in [1.54, 1.807) is 0 Å². The molecule has 1 N–H and O–H groups in total. The molecule has 2 rings (SSSR count). The van der Waals surface area contributed by atoms with E-state index >= 15 is 0 Å². The minimum Gasteiger partial charge on any atom is -0.390 e. The van der Waals surface area contributed by atoms with Crippen LogP contribution in [0.25, 0.3) is 0 Å². The molecule has 0 amide bonds. The van der Waals surface area contributed by atoms with Gasteiger partial charge in [-0.05, 0) is 49.9 Å². The quantitative estimate of drug-likeness (QED) is 0.699. The number of aliphatic hydroxyl groups is 1. The summed E-state index contributed by atoms with van der Waals surface area (Å²) in [7, 11) is 0. The molecule has 1 heteroatoms. The summed E-state index contributed by atoms with van der Waals surface area (Å²) in [5, 5.41) is 10.9. The Kier molecular flexibility index (Phi) is 3.94. The van der Waals surface area contributed by atoms with E-state index in [1.807, 2.05) is 0 Å². The predicted octanol–water partition coefficient (Wildman–Crippen LogP) is 4.14. The van der Waals surface area contributed by atoms with Gasteiger partial charge in [-0.25, -0.2) is 0 Å². The minimum atomic E-state index is -0.292. The molecule has 0 aromatic rings. The first kappa shape index (κ1) is 12.4. The van der Waals surface area contributed by atoms with Crippen LogP contribution in [0.1, 0.15) is 71.6 Å². The molecule has 1 nitrogen and oxygen atoms in total. The van der Waals surface area contributed by atoms with Crippen molar-refractivity contribution in [2.45, 2.75) is 77.2 Å². The average molecular weight is 224 g/mol. The van der Waals surface area contributed by atoms with E-state index in [1.165, 1.54) is 44.9 Å². The van der Waals surface area contributed by atoms with Gasteiger partial charge in [0.1, 0.15) is 0 Å². The van der Waals surface area contributed by atoms with Crippen molar-refractivity contribution >= 4 is 0 Å². The summed E-state index contributed by atoms with van der Waals surface area (Å²) in [6, 6.07) is 0. The van der Waals surface area contributed by atoms with Gasteiger partial charge >= 0.3 is 0 Å². The highest BCUT2D eigenvalue weighted by molar-refractivity contribution is 4.91. The molecule has 0 heterocycles. The molecule has 0 radical (unpaired) electrons. The zero-order chi connectivity index (χ0) is 11.6. The second kappa shape index (κ2) is 5.08. The maximum atomic E-state index is 10.9. The van der Waals surface area contributed by atoms with E-state index in [0.29, 0.717) is 5.92 Å². The molecule has 2 unspecified atom stereocenters. The second-order valence-corrected chi connectivity index (χ2v) is 6.52. The molecule has 0 saturated heterocycles. The lowest BCUT2D eigenvalue weighted by atomic mass is 9.79. The first-order valence-corrected chi connectivity index (χ1v) is 7.34. The van der Waals surface area contributed by atoms with E-state index < -0.39 is 0 Å². The lowest BCUT2D eigenvalue weighted by Crippen LogP contribution is -2.36. The Bertz CT molecular complexity index is 217. The van der Waals surface area contributed by atoms with Gasteiger partial charge in [0.05, 0.1) is 5.60 Å². The van der Waals surface area contributed by atoms with E-state index in [9.17, 15) is 5.11 Å². The van der Waals surface area contributed by atoms with Crippen LogP contribution >= 0.6 is 0 Å². The fourth-order valence-electron chi connectivity index (χ4n) is 3.91. The van der Waals surface area contributed by atoms with Crippen molar-refractivity contribution in [1.82, 2.24) is 0 Å². The van der Waals surface area contributed by atoms with Crippen molar-refractivity contribution < 1.29 is 5.11 Å². The normalized spacial score (nSPS) is 37.9. The topological polar surface area (TPSA) is 20.2 Å². The molecule has 0 spiro atoms. The molecule has 0 aromatic heterocycles. The molecular weight excluding hydrogens is 196 g/mol. The van der Waals surface area contributed by atoms with Gasteiger partial charge < -0.3 is 5.11 Å². The Morgan fingerprint density at radius 1 is 0.938 bits per heavy atom. The van der Waals surface area contributed by atoms with Gasteiger partial charge in [0, 0.05) is 0 Å².